The first-order valence-electron chi connectivity index (χ1n) is 5.20. The van der Waals surface area contributed by atoms with Crippen LogP contribution in [0, 0.1) is 0 Å². The summed E-state index contributed by atoms with van der Waals surface area (Å²) < 4.78 is 16.9. The van der Waals surface area contributed by atoms with Gasteiger partial charge in [0.25, 0.3) is 0 Å². The molecule has 3 unspecified atom stereocenters. The van der Waals surface area contributed by atoms with Crippen molar-refractivity contribution in [1.29, 1.82) is 0 Å². The highest BCUT2D eigenvalue weighted by Gasteiger charge is 2.36. The van der Waals surface area contributed by atoms with Crippen molar-refractivity contribution in [3.8, 4) is 0 Å². The van der Waals surface area contributed by atoms with Gasteiger partial charge in [-0.1, -0.05) is 0 Å². The van der Waals surface area contributed by atoms with Crippen LogP contribution in [0.15, 0.2) is 0 Å². The minimum absolute atomic E-state index is 0.120. The van der Waals surface area contributed by atoms with Crippen LogP contribution in [0.2, 0.25) is 0 Å². The molecule has 2 fully saturated rings. The van der Waals surface area contributed by atoms with Gasteiger partial charge in [0.15, 0.2) is 6.29 Å². The van der Waals surface area contributed by atoms with Crippen molar-refractivity contribution in [2.75, 3.05) is 6.61 Å². The van der Waals surface area contributed by atoms with Crippen molar-refractivity contribution in [2.45, 2.75) is 57.7 Å². The second-order valence-corrected chi connectivity index (χ2v) is 3.96. The molecule has 0 N–H and O–H groups in total. The van der Waals surface area contributed by atoms with Crippen molar-refractivity contribution in [3.63, 3.8) is 0 Å². The number of rotatable bonds is 1. The maximum Gasteiger partial charge on any atom is 0.184 e. The van der Waals surface area contributed by atoms with Gasteiger partial charge in [-0.3, -0.25) is 0 Å². The smallest absolute Gasteiger partial charge is 0.184 e. The van der Waals surface area contributed by atoms with Crippen molar-refractivity contribution < 1.29 is 14.2 Å². The molecule has 0 spiro atoms. The maximum absolute atomic E-state index is 5.67. The molecule has 0 amide bonds. The Kier molecular flexibility index (Phi) is 2.86. The lowest BCUT2D eigenvalue weighted by atomic mass is 10.1. The zero-order chi connectivity index (χ0) is 9.26. The summed E-state index contributed by atoms with van der Waals surface area (Å²) in [6, 6.07) is 0. The third-order valence-electron chi connectivity index (χ3n) is 2.88. The fourth-order valence-corrected chi connectivity index (χ4v) is 1.83. The third kappa shape index (κ3) is 2.03. The molecule has 0 radical (unpaired) electrons. The Balaban J connectivity index is 1.87. The van der Waals surface area contributed by atoms with Crippen LogP contribution in [0.3, 0.4) is 0 Å². The minimum atomic E-state index is -0.120. The molecule has 13 heavy (non-hydrogen) atoms. The fourth-order valence-electron chi connectivity index (χ4n) is 1.83. The van der Waals surface area contributed by atoms with E-state index in [1.165, 1.54) is 12.8 Å². The van der Waals surface area contributed by atoms with E-state index in [4.69, 9.17) is 14.2 Å². The maximum atomic E-state index is 5.67. The third-order valence-corrected chi connectivity index (χ3v) is 2.88. The highest BCUT2D eigenvalue weighted by molar-refractivity contribution is 4.76. The van der Waals surface area contributed by atoms with Crippen LogP contribution >= 0.6 is 0 Å². The molecule has 2 aliphatic heterocycles. The average molecular weight is 186 g/mol. The highest BCUT2D eigenvalue weighted by atomic mass is 16.7. The molecule has 2 rings (SSSR count). The van der Waals surface area contributed by atoms with Crippen LogP contribution in [-0.4, -0.2) is 31.2 Å². The van der Waals surface area contributed by atoms with Gasteiger partial charge in [0.2, 0.25) is 0 Å². The lowest BCUT2D eigenvalue weighted by Gasteiger charge is -2.26. The monoisotopic (exact) mass is 186 g/mol. The number of ether oxygens (including phenoxy) is 3. The lowest BCUT2D eigenvalue weighted by Crippen LogP contribution is -2.33. The van der Waals surface area contributed by atoms with Crippen molar-refractivity contribution in [3.05, 3.63) is 0 Å². The molecule has 0 aliphatic carbocycles. The van der Waals surface area contributed by atoms with E-state index in [0.717, 1.165) is 13.0 Å². The predicted octanol–water partition coefficient (Wildman–Crippen LogP) is 1.71. The second-order valence-electron chi connectivity index (χ2n) is 3.96. The Bertz CT molecular complexity index is 156. The summed E-state index contributed by atoms with van der Waals surface area (Å²) in [6.07, 6.45) is 3.94. The summed E-state index contributed by atoms with van der Waals surface area (Å²) in [7, 11) is 0. The summed E-state index contributed by atoms with van der Waals surface area (Å²) >= 11 is 0. The van der Waals surface area contributed by atoms with Gasteiger partial charge in [-0.15, -0.1) is 0 Å². The largest absolute Gasteiger partial charge is 0.373 e. The van der Waals surface area contributed by atoms with Gasteiger partial charge < -0.3 is 14.2 Å². The first-order chi connectivity index (χ1) is 6.27. The van der Waals surface area contributed by atoms with Gasteiger partial charge in [-0.25, -0.2) is 0 Å². The van der Waals surface area contributed by atoms with Crippen molar-refractivity contribution in [2.24, 2.45) is 0 Å². The molecule has 0 saturated carbocycles. The summed E-state index contributed by atoms with van der Waals surface area (Å²) in [5.41, 5.74) is 0. The lowest BCUT2D eigenvalue weighted by molar-refractivity contribution is -0.166. The Labute approximate surface area is 79.4 Å². The topological polar surface area (TPSA) is 27.7 Å². The fraction of sp³-hybridized carbons (Fsp3) is 1.00. The van der Waals surface area contributed by atoms with Crippen LogP contribution in [0.25, 0.3) is 0 Å². The number of hydrogen-bond acceptors (Lipinski definition) is 3. The second kappa shape index (κ2) is 3.95. The normalized spacial score (nSPS) is 46.6. The van der Waals surface area contributed by atoms with E-state index in [2.05, 4.69) is 0 Å². The number of hydrogen-bond donors (Lipinski definition) is 0. The van der Waals surface area contributed by atoms with E-state index < -0.39 is 0 Å². The van der Waals surface area contributed by atoms with Gasteiger partial charge >= 0.3 is 0 Å². The predicted molar refractivity (Wildman–Crippen MR) is 48.5 cm³/mol. The Morgan fingerprint density at radius 3 is 2.23 bits per heavy atom. The van der Waals surface area contributed by atoms with E-state index in [-0.39, 0.29) is 24.6 Å². The Morgan fingerprint density at radius 1 is 1.00 bits per heavy atom. The van der Waals surface area contributed by atoms with E-state index in [1.54, 1.807) is 0 Å². The molecule has 2 heterocycles. The van der Waals surface area contributed by atoms with Crippen LogP contribution < -0.4 is 0 Å². The molecule has 2 aliphatic rings. The molecule has 0 aromatic carbocycles. The van der Waals surface area contributed by atoms with Crippen LogP contribution in [0.5, 0.6) is 0 Å². The summed E-state index contributed by atoms with van der Waals surface area (Å²) in [4.78, 5) is 0. The van der Waals surface area contributed by atoms with Crippen LogP contribution in [0.4, 0.5) is 0 Å². The molecule has 0 aromatic rings. The van der Waals surface area contributed by atoms with Crippen molar-refractivity contribution >= 4 is 0 Å². The summed E-state index contributed by atoms with van der Waals surface area (Å²) in [6.45, 7) is 4.96. The average Bonchev–Trinajstić information content (AvgIpc) is 2.49. The van der Waals surface area contributed by atoms with Gasteiger partial charge in [-0.2, -0.15) is 0 Å². The molecule has 3 nitrogen and oxygen atoms in total. The van der Waals surface area contributed by atoms with Gasteiger partial charge in [0, 0.05) is 6.61 Å². The van der Waals surface area contributed by atoms with E-state index in [9.17, 15) is 0 Å². The first kappa shape index (κ1) is 9.44. The summed E-state index contributed by atoms with van der Waals surface area (Å²) in [5, 5.41) is 0. The Hall–Kier alpha value is -0.120. The zero-order valence-corrected chi connectivity index (χ0v) is 8.36. The highest BCUT2D eigenvalue weighted by Crippen LogP contribution is 2.26. The van der Waals surface area contributed by atoms with E-state index >= 15 is 0 Å². The Morgan fingerprint density at radius 2 is 1.69 bits per heavy atom. The van der Waals surface area contributed by atoms with Crippen molar-refractivity contribution in [1.82, 2.24) is 0 Å². The molecule has 3 heteroatoms. The quantitative estimate of drug-likeness (QED) is 0.624. The van der Waals surface area contributed by atoms with E-state index in [1.807, 2.05) is 13.8 Å². The molecule has 0 aromatic heterocycles. The molecule has 0 bridgehead atoms. The van der Waals surface area contributed by atoms with E-state index in [0.29, 0.717) is 0 Å². The molecular formula is C10H18O3. The zero-order valence-electron chi connectivity index (χ0n) is 8.36. The first-order valence-corrected chi connectivity index (χ1v) is 5.20. The summed E-state index contributed by atoms with van der Waals surface area (Å²) in [5.74, 6) is 0. The van der Waals surface area contributed by atoms with Crippen LogP contribution in [-0.2, 0) is 14.2 Å². The van der Waals surface area contributed by atoms with Gasteiger partial charge in [0.1, 0.15) is 6.10 Å². The minimum Gasteiger partial charge on any atom is -0.373 e. The molecule has 3 atom stereocenters. The standard InChI is InChI=1S/C10H18O3/c1-7-8(2)13-10(12-7)9-5-3-4-6-11-9/h7-10H,3-6H2,1-2H3. The molecular weight excluding hydrogens is 168 g/mol. The SMILES string of the molecule is CC1OC(C2CCCCO2)OC1C. The molecule has 76 valence electrons. The van der Waals surface area contributed by atoms with Crippen LogP contribution in [0.1, 0.15) is 33.1 Å². The van der Waals surface area contributed by atoms with Gasteiger partial charge in [0.05, 0.1) is 12.2 Å². The molecule has 2 saturated heterocycles. The van der Waals surface area contributed by atoms with Gasteiger partial charge in [-0.05, 0) is 33.1 Å².